The van der Waals surface area contributed by atoms with Crippen LogP contribution in [0, 0.1) is 0 Å². The summed E-state index contributed by atoms with van der Waals surface area (Å²) in [6.45, 7) is 3.05. The quantitative estimate of drug-likeness (QED) is 0.436. The fourth-order valence-corrected chi connectivity index (χ4v) is 4.89. The first-order chi connectivity index (χ1) is 15.3. The third kappa shape index (κ3) is 4.27. The monoisotopic (exact) mass is 407 g/mol. The zero-order valence-electron chi connectivity index (χ0n) is 17.9. The summed E-state index contributed by atoms with van der Waals surface area (Å²) in [6, 6.07) is 27.6. The Balaban J connectivity index is 1.35. The molecule has 2 aliphatic rings. The van der Waals surface area contributed by atoms with Crippen molar-refractivity contribution in [3.63, 3.8) is 0 Å². The molecule has 31 heavy (non-hydrogen) atoms. The van der Waals surface area contributed by atoms with Crippen LogP contribution in [0.15, 0.2) is 84.4 Å². The maximum atomic E-state index is 10.5. The van der Waals surface area contributed by atoms with Crippen LogP contribution in [-0.2, 0) is 0 Å². The summed E-state index contributed by atoms with van der Waals surface area (Å²) in [5, 5.41) is 10.5. The molecular weight excluding hydrogens is 378 g/mol. The number of fused-ring (bicyclic) bond motifs is 2. The SMILES string of the molecule is OC(CCN1CCC(=C2c3ccccc3C=Cc3ccccc32)CC1)c1ccccc1. The first-order valence-corrected chi connectivity index (χ1v) is 11.3. The predicted molar refractivity (Wildman–Crippen MR) is 130 cm³/mol. The average molecular weight is 408 g/mol. The van der Waals surface area contributed by atoms with Crippen molar-refractivity contribution in [1.82, 2.24) is 4.90 Å². The van der Waals surface area contributed by atoms with Crippen LogP contribution in [0.25, 0.3) is 17.7 Å². The van der Waals surface area contributed by atoms with Crippen LogP contribution in [-0.4, -0.2) is 29.6 Å². The van der Waals surface area contributed by atoms with Crippen LogP contribution in [0.5, 0.6) is 0 Å². The van der Waals surface area contributed by atoms with Crippen LogP contribution in [0.1, 0.15) is 53.2 Å². The molecule has 1 N–H and O–H groups in total. The lowest BCUT2D eigenvalue weighted by Crippen LogP contribution is -2.32. The van der Waals surface area contributed by atoms with Crippen molar-refractivity contribution >= 4 is 17.7 Å². The highest BCUT2D eigenvalue weighted by molar-refractivity contribution is 5.94. The molecule has 5 rings (SSSR count). The normalized spacial score (nSPS) is 17.1. The van der Waals surface area contributed by atoms with Gasteiger partial charge in [-0.25, -0.2) is 0 Å². The summed E-state index contributed by atoms with van der Waals surface area (Å²) in [5.41, 5.74) is 9.31. The van der Waals surface area contributed by atoms with Crippen LogP contribution in [0.3, 0.4) is 0 Å². The molecule has 1 atom stereocenters. The zero-order chi connectivity index (χ0) is 21.0. The van der Waals surface area contributed by atoms with Gasteiger partial charge in [-0.15, -0.1) is 0 Å². The van der Waals surface area contributed by atoms with E-state index in [2.05, 4.69) is 65.6 Å². The number of nitrogens with zero attached hydrogens (tertiary/aromatic N) is 1. The van der Waals surface area contributed by atoms with Gasteiger partial charge in [-0.1, -0.05) is 96.6 Å². The molecule has 3 aromatic rings. The van der Waals surface area contributed by atoms with Gasteiger partial charge in [0.25, 0.3) is 0 Å². The Morgan fingerprint density at radius 2 is 1.26 bits per heavy atom. The van der Waals surface area contributed by atoms with Crippen LogP contribution in [0.2, 0.25) is 0 Å². The minimum atomic E-state index is -0.382. The van der Waals surface area contributed by atoms with Crippen LogP contribution in [0.4, 0.5) is 0 Å². The van der Waals surface area contributed by atoms with Crippen LogP contribution < -0.4 is 0 Å². The number of rotatable bonds is 4. The van der Waals surface area contributed by atoms with Gasteiger partial charge in [-0.05, 0) is 52.7 Å². The van der Waals surface area contributed by atoms with E-state index in [0.717, 1.165) is 44.5 Å². The molecule has 0 spiro atoms. The number of piperidine rings is 1. The van der Waals surface area contributed by atoms with E-state index in [1.807, 2.05) is 30.3 Å². The molecule has 0 amide bonds. The van der Waals surface area contributed by atoms with E-state index >= 15 is 0 Å². The van der Waals surface area contributed by atoms with Crippen LogP contribution >= 0.6 is 0 Å². The Bertz CT molecular complexity index is 1050. The van der Waals surface area contributed by atoms with Gasteiger partial charge in [0.05, 0.1) is 6.10 Å². The van der Waals surface area contributed by atoms with Crippen molar-refractivity contribution < 1.29 is 5.11 Å². The molecule has 1 aliphatic heterocycles. The second kappa shape index (κ2) is 9.05. The Labute approximate surface area is 185 Å². The van der Waals surface area contributed by atoms with E-state index in [1.165, 1.54) is 27.8 Å². The smallest absolute Gasteiger partial charge is 0.0802 e. The summed E-state index contributed by atoms with van der Waals surface area (Å²) < 4.78 is 0. The number of aliphatic hydroxyl groups is 1. The molecule has 0 bridgehead atoms. The lowest BCUT2D eigenvalue weighted by molar-refractivity contribution is 0.139. The molecule has 156 valence electrons. The number of likely N-dealkylation sites (tertiary alicyclic amines) is 1. The minimum absolute atomic E-state index is 0.382. The van der Waals surface area contributed by atoms with Crippen molar-refractivity contribution in [3.05, 3.63) is 112 Å². The van der Waals surface area contributed by atoms with Gasteiger partial charge in [0.1, 0.15) is 0 Å². The zero-order valence-corrected chi connectivity index (χ0v) is 17.9. The molecule has 1 unspecified atom stereocenters. The van der Waals surface area contributed by atoms with Crippen molar-refractivity contribution in [2.75, 3.05) is 19.6 Å². The highest BCUT2D eigenvalue weighted by Crippen LogP contribution is 2.38. The molecule has 0 saturated carbocycles. The van der Waals surface area contributed by atoms with E-state index in [9.17, 15) is 5.11 Å². The number of benzene rings is 3. The molecular formula is C29H29NO. The molecule has 1 heterocycles. The maximum absolute atomic E-state index is 10.5. The Kier molecular flexibility index (Phi) is 5.84. The topological polar surface area (TPSA) is 23.5 Å². The molecule has 1 aliphatic carbocycles. The highest BCUT2D eigenvalue weighted by atomic mass is 16.3. The first kappa shape index (κ1) is 20.0. The fraction of sp³-hybridized carbons (Fsp3) is 0.241. The van der Waals surface area contributed by atoms with Crippen molar-refractivity contribution in [3.8, 4) is 0 Å². The van der Waals surface area contributed by atoms with E-state index in [-0.39, 0.29) is 6.10 Å². The molecule has 0 aromatic heterocycles. The first-order valence-electron chi connectivity index (χ1n) is 11.3. The average Bonchev–Trinajstić information content (AvgIpc) is 3.00. The summed E-state index contributed by atoms with van der Waals surface area (Å²) in [7, 11) is 0. The van der Waals surface area contributed by atoms with E-state index in [0.29, 0.717) is 0 Å². The third-order valence-electron chi connectivity index (χ3n) is 6.62. The molecule has 1 fully saturated rings. The van der Waals surface area contributed by atoms with Crippen molar-refractivity contribution in [1.29, 1.82) is 0 Å². The minimum Gasteiger partial charge on any atom is -0.388 e. The van der Waals surface area contributed by atoms with Gasteiger partial charge in [0, 0.05) is 19.6 Å². The summed E-state index contributed by atoms with van der Waals surface area (Å²) in [5.74, 6) is 0. The number of hydrogen-bond donors (Lipinski definition) is 1. The molecule has 2 heteroatoms. The Morgan fingerprint density at radius 3 is 1.87 bits per heavy atom. The fourth-order valence-electron chi connectivity index (χ4n) is 4.89. The largest absolute Gasteiger partial charge is 0.388 e. The highest BCUT2D eigenvalue weighted by Gasteiger charge is 2.22. The molecule has 0 radical (unpaired) electrons. The third-order valence-corrected chi connectivity index (χ3v) is 6.62. The summed E-state index contributed by atoms with van der Waals surface area (Å²) >= 11 is 0. The standard InChI is InChI=1S/C29H29NO/c31-28(24-10-2-1-3-11-24)18-21-30-19-16-25(17-20-30)29-26-12-6-4-8-22(26)14-15-23-9-5-7-13-27(23)29/h1-15,28,31H,16-21H2. The number of aliphatic hydroxyl groups excluding tert-OH is 1. The molecule has 1 saturated heterocycles. The van der Waals surface area contributed by atoms with E-state index in [1.54, 1.807) is 5.57 Å². The van der Waals surface area contributed by atoms with Gasteiger partial charge in [0.15, 0.2) is 0 Å². The summed E-state index contributed by atoms with van der Waals surface area (Å²) in [6.07, 6.45) is 7.07. The molecule has 2 nitrogen and oxygen atoms in total. The van der Waals surface area contributed by atoms with Gasteiger partial charge in [0.2, 0.25) is 0 Å². The van der Waals surface area contributed by atoms with Gasteiger partial charge >= 0.3 is 0 Å². The lowest BCUT2D eigenvalue weighted by Gasteiger charge is -2.31. The van der Waals surface area contributed by atoms with Crippen molar-refractivity contribution in [2.45, 2.75) is 25.4 Å². The van der Waals surface area contributed by atoms with Gasteiger partial charge in [-0.3, -0.25) is 0 Å². The summed E-state index contributed by atoms with van der Waals surface area (Å²) in [4.78, 5) is 2.50. The predicted octanol–water partition coefficient (Wildman–Crippen LogP) is 6.19. The van der Waals surface area contributed by atoms with E-state index < -0.39 is 0 Å². The van der Waals surface area contributed by atoms with Crippen molar-refractivity contribution in [2.24, 2.45) is 0 Å². The van der Waals surface area contributed by atoms with E-state index in [4.69, 9.17) is 0 Å². The van der Waals surface area contributed by atoms with Gasteiger partial charge < -0.3 is 10.0 Å². The lowest BCUT2D eigenvalue weighted by atomic mass is 9.86. The second-order valence-electron chi connectivity index (χ2n) is 8.54. The Morgan fingerprint density at radius 1 is 0.710 bits per heavy atom. The molecule has 3 aromatic carbocycles. The van der Waals surface area contributed by atoms with Gasteiger partial charge in [-0.2, -0.15) is 0 Å². The second-order valence-corrected chi connectivity index (χ2v) is 8.54. The maximum Gasteiger partial charge on any atom is 0.0802 e. The Hall–Kier alpha value is -2.94. The number of hydrogen-bond acceptors (Lipinski definition) is 2.